The summed E-state index contributed by atoms with van der Waals surface area (Å²) in [6.07, 6.45) is 3.53. The van der Waals surface area contributed by atoms with Crippen molar-refractivity contribution in [2.24, 2.45) is 0 Å². The first-order valence-electron chi connectivity index (χ1n) is 11.5. The molecule has 1 aromatic carbocycles. The standard InChI is InChI=1S/C26H27FN6O/c1-16-13-19-14-20(17(2)30-23-6-8-28-22-5-4-7-29-25(22)23)26(31-24(19)15-21(16)27)33-11-9-32(10-12-33)18(3)34/h4-8,13-15,17H,9-12H2,1-3H3,(H,28,30). The van der Waals surface area contributed by atoms with Gasteiger partial charge in [-0.3, -0.25) is 14.8 Å². The fourth-order valence-electron chi connectivity index (χ4n) is 4.53. The molecule has 7 nitrogen and oxygen atoms in total. The lowest BCUT2D eigenvalue weighted by atomic mass is 10.0. The first kappa shape index (κ1) is 22.0. The Balaban J connectivity index is 1.55. The van der Waals surface area contributed by atoms with Crippen molar-refractivity contribution in [1.82, 2.24) is 19.9 Å². The first-order valence-corrected chi connectivity index (χ1v) is 11.5. The van der Waals surface area contributed by atoms with Crippen LogP contribution in [-0.4, -0.2) is 51.9 Å². The Morgan fingerprint density at radius 2 is 1.85 bits per heavy atom. The minimum Gasteiger partial charge on any atom is -0.377 e. The molecule has 3 aromatic heterocycles. The lowest BCUT2D eigenvalue weighted by molar-refractivity contribution is -0.129. The Hall–Kier alpha value is -3.81. The number of hydrogen-bond acceptors (Lipinski definition) is 6. The highest BCUT2D eigenvalue weighted by Crippen LogP contribution is 2.33. The molecule has 4 heterocycles. The molecule has 5 rings (SSSR count). The van der Waals surface area contributed by atoms with Gasteiger partial charge in [0.05, 0.1) is 22.8 Å². The van der Waals surface area contributed by atoms with Crippen LogP contribution in [0.3, 0.4) is 0 Å². The zero-order chi connectivity index (χ0) is 23.8. The fraction of sp³-hybridized carbons (Fsp3) is 0.308. The van der Waals surface area contributed by atoms with Gasteiger partial charge in [0.25, 0.3) is 0 Å². The van der Waals surface area contributed by atoms with E-state index in [1.165, 1.54) is 6.07 Å². The van der Waals surface area contributed by atoms with E-state index in [0.717, 1.165) is 33.5 Å². The van der Waals surface area contributed by atoms with Gasteiger partial charge in [0.15, 0.2) is 0 Å². The van der Waals surface area contributed by atoms with Gasteiger partial charge in [-0.1, -0.05) is 0 Å². The van der Waals surface area contributed by atoms with Crippen molar-refractivity contribution in [3.05, 3.63) is 65.7 Å². The Bertz CT molecular complexity index is 1380. The lowest BCUT2D eigenvalue weighted by Crippen LogP contribution is -2.48. The van der Waals surface area contributed by atoms with E-state index in [1.54, 1.807) is 26.2 Å². The van der Waals surface area contributed by atoms with E-state index in [9.17, 15) is 9.18 Å². The van der Waals surface area contributed by atoms with E-state index in [4.69, 9.17) is 4.98 Å². The summed E-state index contributed by atoms with van der Waals surface area (Å²) < 4.78 is 14.3. The summed E-state index contributed by atoms with van der Waals surface area (Å²) >= 11 is 0. The highest BCUT2D eigenvalue weighted by Gasteiger charge is 2.24. The molecule has 1 atom stereocenters. The van der Waals surface area contributed by atoms with Gasteiger partial charge in [-0.25, -0.2) is 9.37 Å². The molecule has 0 bridgehead atoms. The Morgan fingerprint density at radius 3 is 2.62 bits per heavy atom. The second-order valence-corrected chi connectivity index (χ2v) is 8.78. The summed E-state index contributed by atoms with van der Waals surface area (Å²) in [6.45, 7) is 8.07. The first-order chi connectivity index (χ1) is 16.4. The molecule has 1 N–H and O–H groups in total. The van der Waals surface area contributed by atoms with Crippen molar-refractivity contribution in [3.63, 3.8) is 0 Å². The molecule has 1 amide bonds. The maximum absolute atomic E-state index is 14.3. The monoisotopic (exact) mass is 458 g/mol. The number of pyridine rings is 3. The van der Waals surface area contributed by atoms with E-state index >= 15 is 0 Å². The number of aromatic nitrogens is 3. The number of rotatable bonds is 4. The molecule has 1 aliphatic rings. The normalized spacial score (nSPS) is 15.1. The van der Waals surface area contributed by atoms with E-state index in [1.807, 2.05) is 29.2 Å². The summed E-state index contributed by atoms with van der Waals surface area (Å²) in [7, 11) is 0. The molecule has 0 aliphatic carbocycles. The zero-order valence-corrected chi connectivity index (χ0v) is 19.5. The topological polar surface area (TPSA) is 74.2 Å². The second-order valence-electron chi connectivity index (χ2n) is 8.78. The molecule has 0 saturated carbocycles. The van der Waals surface area contributed by atoms with Gasteiger partial charge in [-0.2, -0.15) is 0 Å². The zero-order valence-electron chi connectivity index (χ0n) is 19.5. The summed E-state index contributed by atoms with van der Waals surface area (Å²) in [5.41, 5.74) is 4.74. The van der Waals surface area contributed by atoms with Gasteiger partial charge in [-0.15, -0.1) is 0 Å². The quantitative estimate of drug-likeness (QED) is 0.487. The van der Waals surface area contributed by atoms with Gasteiger partial charge in [0.2, 0.25) is 5.91 Å². The summed E-state index contributed by atoms with van der Waals surface area (Å²) in [6, 6.07) is 11.1. The second kappa shape index (κ2) is 8.85. The van der Waals surface area contributed by atoms with Crippen molar-refractivity contribution in [3.8, 4) is 0 Å². The predicted octanol–water partition coefficient (Wildman–Crippen LogP) is 4.47. The molecule has 1 saturated heterocycles. The Morgan fingerprint density at radius 1 is 1.06 bits per heavy atom. The smallest absolute Gasteiger partial charge is 0.219 e. The number of anilines is 2. The SMILES string of the molecule is CC(=O)N1CCN(c2nc3cc(F)c(C)cc3cc2C(C)Nc2ccnc3cccnc23)CC1. The van der Waals surface area contributed by atoms with Gasteiger partial charge >= 0.3 is 0 Å². The number of fused-ring (bicyclic) bond motifs is 2. The van der Waals surface area contributed by atoms with Gasteiger partial charge in [0.1, 0.15) is 17.2 Å². The number of piperazine rings is 1. The average Bonchev–Trinajstić information content (AvgIpc) is 2.84. The highest BCUT2D eigenvalue weighted by atomic mass is 19.1. The van der Waals surface area contributed by atoms with Crippen molar-refractivity contribution in [2.75, 3.05) is 36.4 Å². The van der Waals surface area contributed by atoms with Crippen molar-refractivity contribution >= 4 is 39.3 Å². The van der Waals surface area contributed by atoms with Crippen LogP contribution in [0.25, 0.3) is 21.9 Å². The van der Waals surface area contributed by atoms with Crippen LogP contribution in [0.4, 0.5) is 15.9 Å². The highest BCUT2D eigenvalue weighted by molar-refractivity contribution is 5.88. The maximum atomic E-state index is 14.3. The molecule has 174 valence electrons. The third-order valence-corrected chi connectivity index (χ3v) is 6.46. The third kappa shape index (κ3) is 4.11. The third-order valence-electron chi connectivity index (χ3n) is 6.46. The fourth-order valence-corrected chi connectivity index (χ4v) is 4.53. The van der Waals surface area contributed by atoms with Gasteiger partial charge < -0.3 is 15.1 Å². The molecular weight excluding hydrogens is 431 g/mol. The summed E-state index contributed by atoms with van der Waals surface area (Å²) in [5.74, 6) is 0.627. The summed E-state index contributed by atoms with van der Waals surface area (Å²) in [5, 5.41) is 4.49. The molecule has 8 heteroatoms. The van der Waals surface area contributed by atoms with E-state index < -0.39 is 0 Å². The minimum atomic E-state index is -0.263. The van der Waals surface area contributed by atoms with Gasteiger partial charge in [-0.05, 0) is 49.7 Å². The molecule has 1 unspecified atom stereocenters. The van der Waals surface area contributed by atoms with Crippen LogP contribution in [-0.2, 0) is 4.79 Å². The molecule has 34 heavy (non-hydrogen) atoms. The van der Waals surface area contributed by atoms with E-state index in [0.29, 0.717) is 37.3 Å². The number of carbonyl (C=O) groups excluding carboxylic acids is 1. The molecular formula is C26H27FN6O. The van der Waals surface area contributed by atoms with Gasteiger partial charge in [0, 0.05) is 62.5 Å². The van der Waals surface area contributed by atoms with Crippen LogP contribution in [0.1, 0.15) is 31.0 Å². The summed E-state index contributed by atoms with van der Waals surface area (Å²) in [4.78, 5) is 29.7. The lowest BCUT2D eigenvalue weighted by Gasteiger charge is -2.36. The number of halogens is 1. The van der Waals surface area contributed by atoms with Crippen LogP contribution in [0.2, 0.25) is 0 Å². The molecule has 4 aromatic rings. The Kier molecular flexibility index (Phi) is 5.73. The molecule has 1 fully saturated rings. The number of aryl methyl sites for hydroxylation is 1. The molecule has 0 spiro atoms. The largest absolute Gasteiger partial charge is 0.377 e. The van der Waals surface area contributed by atoms with Crippen LogP contribution in [0.15, 0.2) is 48.8 Å². The van der Waals surface area contributed by atoms with Crippen LogP contribution >= 0.6 is 0 Å². The average molecular weight is 459 g/mol. The molecule has 0 radical (unpaired) electrons. The predicted molar refractivity (Wildman–Crippen MR) is 132 cm³/mol. The number of benzene rings is 1. The van der Waals surface area contributed by atoms with Crippen LogP contribution < -0.4 is 10.2 Å². The van der Waals surface area contributed by atoms with E-state index in [-0.39, 0.29) is 17.8 Å². The van der Waals surface area contributed by atoms with Crippen molar-refractivity contribution in [2.45, 2.75) is 26.8 Å². The van der Waals surface area contributed by atoms with Crippen molar-refractivity contribution in [1.29, 1.82) is 0 Å². The number of nitrogens with one attached hydrogen (secondary N) is 1. The van der Waals surface area contributed by atoms with Crippen molar-refractivity contribution < 1.29 is 9.18 Å². The number of amides is 1. The van der Waals surface area contributed by atoms with Crippen LogP contribution in [0.5, 0.6) is 0 Å². The van der Waals surface area contributed by atoms with Crippen LogP contribution in [0, 0.1) is 12.7 Å². The van der Waals surface area contributed by atoms with E-state index in [2.05, 4.69) is 33.2 Å². The number of carbonyl (C=O) groups is 1. The maximum Gasteiger partial charge on any atom is 0.219 e. The molecule has 1 aliphatic heterocycles. The number of nitrogens with zero attached hydrogens (tertiary/aromatic N) is 5. The minimum absolute atomic E-state index is 0.0796. The Labute approximate surface area is 197 Å². The number of hydrogen-bond donors (Lipinski definition) is 1.